The van der Waals surface area contributed by atoms with Gasteiger partial charge in [0.25, 0.3) is 5.91 Å². The SMILES string of the molecule is CCOc1cc(C(=O)Nc2cc3nn(-c4ccc(N(CC)CC)cc4C)nc3cc2C)cc(OCC)c1OCC. The zero-order valence-electron chi connectivity index (χ0n) is 24.5. The predicted octanol–water partition coefficient (Wildman–Crippen LogP) is 6.33. The molecule has 0 fully saturated rings. The van der Waals surface area contributed by atoms with E-state index in [0.717, 1.165) is 35.4 Å². The van der Waals surface area contributed by atoms with E-state index < -0.39 is 0 Å². The van der Waals surface area contributed by atoms with Gasteiger partial charge in [-0.15, -0.1) is 10.2 Å². The summed E-state index contributed by atoms with van der Waals surface area (Å²) in [6.07, 6.45) is 0. The van der Waals surface area contributed by atoms with Gasteiger partial charge in [0.15, 0.2) is 11.5 Å². The first kappa shape index (κ1) is 28.7. The molecule has 0 atom stereocenters. The van der Waals surface area contributed by atoms with E-state index in [1.165, 1.54) is 5.69 Å². The second-order valence-corrected chi connectivity index (χ2v) is 9.34. The molecule has 9 nitrogen and oxygen atoms in total. The van der Waals surface area contributed by atoms with Crippen LogP contribution < -0.4 is 24.4 Å². The minimum absolute atomic E-state index is 0.289. The van der Waals surface area contributed by atoms with Crippen molar-refractivity contribution in [2.24, 2.45) is 0 Å². The third kappa shape index (κ3) is 5.98. The van der Waals surface area contributed by atoms with E-state index in [-0.39, 0.29) is 5.91 Å². The van der Waals surface area contributed by atoms with Crippen LogP contribution in [-0.2, 0) is 0 Å². The molecule has 1 amide bonds. The molecule has 0 saturated carbocycles. The second-order valence-electron chi connectivity index (χ2n) is 9.34. The molecule has 1 N–H and O–H groups in total. The Kier molecular flexibility index (Phi) is 9.14. The molecule has 0 spiro atoms. The molecule has 40 heavy (non-hydrogen) atoms. The maximum Gasteiger partial charge on any atom is 0.255 e. The predicted molar refractivity (Wildman–Crippen MR) is 160 cm³/mol. The molecule has 4 rings (SSSR count). The summed E-state index contributed by atoms with van der Waals surface area (Å²) in [7, 11) is 0. The number of hydrogen-bond acceptors (Lipinski definition) is 7. The molecular weight excluding hydrogens is 506 g/mol. The van der Waals surface area contributed by atoms with Crippen molar-refractivity contribution in [3.05, 3.63) is 59.2 Å². The highest BCUT2D eigenvalue weighted by molar-refractivity contribution is 6.06. The molecule has 0 radical (unpaired) electrons. The van der Waals surface area contributed by atoms with E-state index in [0.29, 0.717) is 53.8 Å². The summed E-state index contributed by atoms with van der Waals surface area (Å²) in [6.45, 7) is 17.2. The maximum atomic E-state index is 13.4. The van der Waals surface area contributed by atoms with Gasteiger partial charge < -0.3 is 24.4 Å². The van der Waals surface area contributed by atoms with E-state index >= 15 is 0 Å². The van der Waals surface area contributed by atoms with Crippen LogP contribution >= 0.6 is 0 Å². The lowest BCUT2D eigenvalue weighted by molar-refractivity contribution is 0.102. The Morgan fingerprint density at radius 2 is 1.40 bits per heavy atom. The van der Waals surface area contributed by atoms with Crippen molar-refractivity contribution in [3.63, 3.8) is 0 Å². The number of aromatic nitrogens is 3. The van der Waals surface area contributed by atoms with E-state index in [2.05, 4.69) is 49.2 Å². The standard InChI is InChI=1S/C31H39N5O4/c1-8-35(9-2)23-13-14-27(21(7)15-23)36-33-25-16-20(6)24(19-26(25)34-36)32-31(37)22-17-28(38-10-3)30(40-12-5)29(18-22)39-11-4/h13-19H,8-12H2,1-7H3,(H,32,37). The number of ether oxygens (including phenoxy) is 3. The average molecular weight is 546 g/mol. The van der Waals surface area contributed by atoms with Crippen LogP contribution in [0.4, 0.5) is 11.4 Å². The molecule has 212 valence electrons. The van der Waals surface area contributed by atoms with E-state index in [9.17, 15) is 4.79 Å². The molecule has 1 aromatic heterocycles. The maximum absolute atomic E-state index is 13.4. The number of amides is 1. The minimum atomic E-state index is -0.289. The van der Waals surface area contributed by atoms with E-state index in [1.54, 1.807) is 16.9 Å². The highest BCUT2D eigenvalue weighted by atomic mass is 16.5. The monoisotopic (exact) mass is 545 g/mol. The van der Waals surface area contributed by atoms with Crippen LogP contribution in [0.3, 0.4) is 0 Å². The van der Waals surface area contributed by atoms with Gasteiger partial charge in [-0.25, -0.2) is 0 Å². The lowest BCUT2D eigenvalue weighted by atomic mass is 10.1. The topological polar surface area (TPSA) is 90.7 Å². The van der Waals surface area contributed by atoms with E-state index in [4.69, 9.17) is 24.4 Å². The number of rotatable bonds is 12. The fourth-order valence-electron chi connectivity index (χ4n) is 4.67. The van der Waals surface area contributed by atoms with Crippen LogP contribution in [0.2, 0.25) is 0 Å². The molecule has 0 aliphatic rings. The third-order valence-corrected chi connectivity index (χ3v) is 6.67. The molecule has 3 aromatic carbocycles. The Bertz CT molecular complexity index is 1470. The summed E-state index contributed by atoms with van der Waals surface area (Å²) >= 11 is 0. The van der Waals surface area contributed by atoms with Gasteiger partial charge in [0, 0.05) is 30.0 Å². The summed E-state index contributed by atoms with van der Waals surface area (Å²) in [5.41, 5.74) is 6.55. The van der Waals surface area contributed by atoms with Crippen molar-refractivity contribution in [1.82, 2.24) is 15.0 Å². The molecule has 0 aliphatic carbocycles. The highest BCUT2D eigenvalue weighted by Gasteiger charge is 2.20. The summed E-state index contributed by atoms with van der Waals surface area (Å²) in [5, 5.41) is 12.5. The van der Waals surface area contributed by atoms with Crippen LogP contribution in [-0.4, -0.2) is 53.8 Å². The lowest BCUT2D eigenvalue weighted by Crippen LogP contribution is -2.21. The van der Waals surface area contributed by atoms with Crippen molar-refractivity contribution in [1.29, 1.82) is 0 Å². The number of anilines is 2. The number of nitrogens with one attached hydrogen (secondary N) is 1. The van der Waals surface area contributed by atoms with Gasteiger partial charge in [0.2, 0.25) is 5.75 Å². The number of carbonyl (C=O) groups excluding carboxylic acids is 1. The van der Waals surface area contributed by atoms with Crippen molar-refractivity contribution >= 4 is 28.3 Å². The summed E-state index contributed by atoms with van der Waals surface area (Å²) in [4.78, 5) is 17.3. The van der Waals surface area contributed by atoms with Gasteiger partial charge >= 0.3 is 0 Å². The Hall–Kier alpha value is -4.27. The van der Waals surface area contributed by atoms with Crippen molar-refractivity contribution in [2.45, 2.75) is 48.5 Å². The van der Waals surface area contributed by atoms with Crippen molar-refractivity contribution < 1.29 is 19.0 Å². The van der Waals surface area contributed by atoms with Gasteiger partial charge in [-0.3, -0.25) is 4.79 Å². The van der Waals surface area contributed by atoms with Crippen LogP contribution in [0.15, 0.2) is 42.5 Å². The molecule has 1 heterocycles. The molecule has 0 bridgehead atoms. The first-order valence-electron chi connectivity index (χ1n) is 13.9. The van der Waals surface area contributed by atoms with Crippen LogP contribution in [0.1, 0.15) is 56.1 Å². The first-order chi connectivity index (χ1) is 19.3. The molecule has 9 heteroatoms. The van der Waals surface area contributed by atoms with Gasteiger partial charge in [0.05, 0.1) is 25.5 Å². The number of fused-ring (bicyclic) bond motifs is 1. The Morgan fingerprint density at radius 1 is 0.800 bits per heavy atom. The number of hydrogen-bond donors (Lipinski definition) is 1. The average Bonchev–Trinajstić information content (AvgIpc) is 3.33. The molecule has 0 saturated heterocycles. The normalized spacial score (nSPS) is 11.0. The van der Waals surface area contributed by atoms with Gasteiger partial charge in [0.1, 0.15) is 11.0 Å². The smallest absolute Gasteiger partial charge is 0.255 e. The third-order valence-electron chi connectivity index (χ3n) is 6.67. The minimum Gasteiger partial charge on any atom is -0.490 e. The van der Waals surface area contributed by atoms with Gasteiger partial charge in [-0.2, -0.15) is 4.80 Å². The number of aryl methyl sites for hydroxylation is 2. The van der Waals surface area contributed by atoms with E-state index in [1.807, 2.05) is 39.8 Å². The fraction of sp³-hybridized carbons (Fsp3) is 0.387. The Morgan fingerprint density at radius 3 is 1.95 bits per heavy atom. The summed E-state index contributed by atoms with van der Waals surface area (Å²) in [6, 6.07) is 13.5. The fourth-order valence-corrected chi connectivity index (χ4v) is 4.67. The summed E-state index contributed by atoms with van der Waals surface area (Å²) < 4.78 is 17.3. The highest BCUT2D eigenvalue weighted by Crippen LogP contribution is 2.39. The molecular formula is C31H39N5O4. The molecule has 0 aliphatic heterocycles. The van der Waals surface area contributed by atoms with Crippen LogP contribution in [0.5, 0.6) is 17.2 Å². The largest absolute Gasteiger partial charge is 0.490 e. The van der Waals surface area contributed by atoms with Crippen molar-refractivity contribution in [2.75, 3.05) is 43.1 Å². The Labute approximate surface area is 236 Å². The zero-order valence-corrected chi connectivity index (χ0v) is 24.5. The Balaban J connectivity index is 1.64. The second kappa shape index (κ2) is 12.7. The van der Waals surface area contributed by atoms with Crippen LogP contribution in [0, 0.1) is 13.8 Å². The zero-order chi connectivity index (χ0) is 28.8. The number of carbonyl (C=O) groups is 1. The summed E-state index contributed by atoms with van der Waals surface area (Å²) in [5.74, 6) is 1.15. The van der Waals surface area contributed by atoms with Crippen molar-refractivity contribution in [3.8, 4) is 22.9 Å². The lowest BCUT2D eigenvalue weighted by Gasteiger charge is -2.22. The van der Waals surface area contributed by atoms with Gasteiger partial charge in [-0.1, -0.05) is 0 Å². The number of nitrogens with zero attached hydrogens (tertiary/aromatic N) is 4. The first-order valence-corrected chi connectivity index (χ1v) is 13.9. The molecule has 0 unspecified atom stereocenters. The quantitative estimate of drug-likeness (QED) is 0.222. The van der Waals surface area contributed by atoms with Gasteiger partial charge in [-0.05, 0) is 102 Å². The molecule has 4 aromatic rings. The number of benzene rings is 3. The van der Waals surface area contributed by atoms with Crippen LogP contribution in [0.25, 0.3) is 16.7 Å².